The summed E-state index contributed by atoms with van der Waals surface area (Å²) in [6.07, 6.45) is 3.91. The molecule has 20 heavy (non-hydrogen) atoms. The lowest BCUT2D eigenvalue weighted by molar-refractivity contribution is 0.476. The van der Waals surface area contributed by atoms with Crippen molar-refractivity contribution in [1.29, 1.82) is 0 Å². The van der Waals surface area contributed by atoms with E-state index in [1.807, 2.05) is 18.2 Å². The van der Waals surface area contributed by atoms with Gasteiger partial charge in [0.1, 0.15) is 5.82 Å². The molecule has 0 bridgehead atoms. The van der Waals surface area contributed by atoms with E-state index in [9.17, 15) is 4.39 Å². The van der Waals surface area contributed by atoms with E-state index in [2.05, 4.69) is 6.07 Å². The van der Waals surface area contributed by atoms with Crippen molar-refractivity contribution in [1.82, 2.24) is 0 Å². The maximum absolute atomic E-state index is 13.6. The van der Waals surface area contributed by atoms with Crippen molar-refractivity contribution in [3.63, 3.8) is 0 Å². The zero-order valence-electron chi connectivity index (χ0n) is 11.2. The predicted molar refractivity (Wildman–Crippen MR) is 80.4 cm³/mol. The first-order valence-corrected chi connectivity index (χ1v) is 7.32. The van der Waals surface area contributed by atoms with Crippen molar-refractivity contribution >= 4 is 11.6 Å². The van der Waals surface area contributed by atoms with Crippen molar-refractivity contribution in [2.24, 2.45) is 5.73 Å². The normalized spacial score (nSPS) is 22.1. The first-order valence-electron chi connectivity index (χ1n) is 6.94. The smallest absolute Gasteiger partial charge is 0.123 e. The molecule has 3 rings (SSSR count). The first-order chi connectivity index (χ1) is 9.61. The Hall–Kier alpha value is -1.38. The van der Waals surface area contributed by atoms with Gasteiger partial charge in [0.15, 0.2) is 0 Å². The molecule has 0 spiro atoms. The number of benzene rings is 2. The van der Waals surface area contributed by atoms with Crippen LogP contribution >= 0.6 is 11.6 Å². The van der Waals surface area contributed by atoms with Gasteiger partial charge in [0.25, 0.3) is 0 Å². The van der Waals surface area contributed by atoms with Gasteiger partial charge < -0.3 is 5.73 Å². The lowest BCUT2D eigenvalue weighted by atomic mass is 9.79. The van der Waals surface area contributed by atoms with E-state index in [-0.39, 0.29) is 5.82 Å². The Kier molecular flexibility index (Phi) is 3.53. The minimum atomic E-state index is -0.702. The van der Waals surface area contributed by atoms with Crippen LogP contribution < -0.4 is 5.73 Å². The van der Waals surface area contributed by atoms with Crippen molar-refractivity contribution in [2.75, 3.05) is 0 Å². The van der Waals surface area contributed by atoms with Crippen LogP contribution in [0, 0.1) is 5.82 Å². The van der Waals surface area contributed by atoms with Gasteiger partial charge in [-0.25, -0.2) is 4.39 Å². The lowest BCUT2D eigenvalue weighted by Crippen LogP contribution is -2.38. The highest BCUT2D eigenvalue weighted by atomic mass is 35.5. The number of aryl methyl sites for hydroxylation is 1. The van der Waals surface area contributed by atoms with E-state index in [1.54, 1.807) is 6.07 Å². The van der Waals surface area contributed by atoms with Gasteiger partial charge in [-0.1, -0.05) is 42.3 Å². The van der Waals surface area contributed by atoms with E-state index in [0.29, 0.717) is 10.6 Å². The van der Waals surface area contributed by atoms with E-state index < -0.39 is 5.54 Å². The maximum atomic E-state index is 13.6. The van der Waals surface area contributed by atoms with Gasteiger partial charge in [0.2, 0.25) is 0 Å². The zero-order chi connectivity index (χ0) is 14.2. The molecule has 2 aromatic rings. The summed E-state index contributed by atoms with van der Waals surface area (Å²) in [5.41, 5.74) is 9.01. The number of fused-ring (bicyclic) bond motifs is 1. The highest BCUT2D eigenvalue weighted by Crippen LogP contribution is 2.40. The fourth-order valence-electron chi connectivity index (χ4n) is 3.15. The summed E-state index contributed by atoms with van der Waals surface area (Å²) in [4.78, 5) is 0. The minimum absolute atomic E-state index is 0.295. The molecule has 1 unspecified atom stereocenters. The molecular formula is C17H17ClFN. The van der Waals surface area contributed by atoms with Crippen LogP contribution in [0.5, 0.6) is 0 Å². The lowest BCUT2D eigenvalue weighted by Gasteiger charge is -2.32. The van der Waals surface area contributed by atoms with E-state index in [1.165, 1.54) is 17.7 Å². The molecule has 1 atom stereocenters. The third-order valence-electron chi connectivity index (χ3n) is 4.17. The molecule has 1 aliphatic rings. The monoisotopic (exact) mass is 289 g/mol. The summed E-state index contributed by atoms with van der Waals surface area (Å²) in [7, 11) is 0. The molecule has 3 heteroatoms. The van der Waals surface area contributed by atoms with Crippen molar-refractivity contribution < 1.29 is 4.39 Å². The topological polar surface area (TPSA) is 26.0 Å². The Balaban J connectivity index is 2.22. The fraction of sp³-hybridized carbons (Fsp3) is 0.294. The molecule has 2 aromatic carbocycles. The molecular weight excluding hydrogens is 273 g/mol. The summed E-state index contributed by atoms with van der Waals surface area (Å²) in [6.45, 7) is 0. The van der Waals surface area contributed by atoms with Gasteiger partial charge in [-0.3, -0.25) is 0 Å². The summed E-state index contributed by atoms with van der Waals surface area (Å²) < 4.78 is 13.6. The largest absolute Gasteiger partial charge is 0.318 e. The first kappa shape index (κ1) is 13.6. The van der Waals surface area contributed by atoms with E-state index in [0.717, 1.165) is 31.2 Å². The Bertz CT molecular complexity index is 641. The second-order valence-corrected chi connectivity index (χ2v) is 5.87. The molecule has 0 fully saturated rings. The third kappa shape index (κ3) is 2.23. The van der Waals surface area contributed by atoms with Gasteiger partial charge in [0, 0.05) is 5.02 Å². The molecule has 1 aliphatic carbocycles. The van der Waals surface area contributed by atoms with Crippen molar-refractivity contribution in [2.45, 2.75) is 31.2 Å². The van der Waals surface area contributed by atoms with Crippen molar-refractivity contribution in [3.8, 4) is 0 Å². The van der Waals surface area contributed by atoms with Crippen molar-refractivity contribution in [3.05, 3.63) is 70.0 Å². The summed E-state index contributed by atoms with van der Waals surface area (Å²) in [5.74, 6) is -0.295. The van der Waals surface area contributed by atoms with Crippen LogP contribution in [0.1, 0.15) is 36.0 Å². The molecule has 0 amide bonds. The molecule has 0 heterocycles. The highest BCUT2D eigenvalue weighted by Gasteiger charge is 2.34. The summed E-state index contributed by atoms with van der Waals surface area (Å²) >= 11 is 6.29. The van der Waals surface area contributed by atoms with Crippen LogP contribution in [0.4, 0.5) is 4.39 Å². The molecule has 2 N–H and O–H groups in total. The molecule has 0 saturated heterocycles. The second kappa shape index (κ2) is 5.19. The molecule has 1 nitrogen and oxygen atoms in total. The third-order valence-corrected chi connectivity index (χ3v) is 4.50. The Morgan fingerprint density at radius 3 is 2.70 bits per heavy atom. The zero-order valence-corrected chi connectivity index (χ0v) is 12.0. The summed E-state index contributed by atoms with van der Waals surface area (Å²) in [6, 6.07) is 12.6. The SMILES string of the molecule is NC1(c2cc(F)ccc2Cl)CCCCc2ccccc21. The number of hydrogen-bond donors (Lipinski definition) is 1. The maximum Gasteiger partial charge on any atom is 0.123 e. The fourth-order valence-corrected chi connectivity index (χ4v) is 3.43. The van der Waals surface area contributed by atoms with Gasteiger partial charge in [-0.15, -0.1) is 0 Å². The van der Waals surface area contributed by atoms with Gasteiger partial charge in [0.05, 0.1) is 5.54 Å². The minimum Gasteiger partial charge on any atom is -0.318 e. The number of nitrogens with two attached hydrogens (primary N) is 1. The van der Waals surface area contributed by atoms with Crippen LogP contribution in [-0.4, -0.2) is 0 Å². The average molecular weight is 290 g/mol. The van der Waals surface area contributed by atoms with Crippen LogP contribution in [0.25, 0.3) is 0 Å². The van der Waals surface area contributed by atoms with E-state index in [4.69, 9.17) is 17.3 Å². The molecule has 104 valence electrons. The standard InChI is InChI=1S/C17H17ClFN/c18-16-9-8-13(19)11-15(16)17(20)10-4-3-6-12-5-1-2-7-14(12)17/h1-2,5,7-9,11H,3-4,6,10,20H2. The van der Waals surface area contributed by atoms with Crippen LogP contribution in [-0.2, 0) is 12.0 Å². The Morgan fingerprint density at radius 1 is 1.05 bits per heavy atom. The average Bonchev–Trinajstić information content (AvgIpc) is 2.62. The summed E-state index contributed by atoms with van der Waals surface area (Å²) in [5, 5.41) is 0.533. The molecule has 0 aromatic heterocycles. The molecule has 0 saturated carbocycles. The number of rotatable bonds is 1. The van der Waals surface area contributed by atoms with Crippen LogP contribution in [0.15, 0.2) is 42.5 Å². The predicted octanol–water partition coefficient (Wildman–Crippen LogP) is 4.41. The number of halogens is 2. The van der Waals surface area contributed by atoms with Gasteiger partial charge >= 0.3 is 0 Å². The molecule has 0 aliphatic heterocycles. The van der Waals surface area contributed by atoms with Crippen LogP contribution in [0.2, 0.25) is 5.02 Å². The quantitative estimate of drug-likeness (QED) is 0.773. The highest BCUT2D eigenvalue weighted by molar-refractivity contribution is 6.31. The number of hydrogen-bond acceptors (Lipinski definition) is 1. The molecule has 0 radical (unpaired) electrons. The van der Waals surface area contributed by atoms with Crippen LogP contribution in [0.3, 0.4) is 0 Å². The van der Waals surface area contributed by atoms with E-state index >= 15 is 0 Å². The Labute approximate surface area is 123 Å². The van der Waals surface area contributed by atoms with Gasteiger partial charge in [-0.2, -0.15) is 0 Å². The van der Waals surface area contributed by atoms with Gasteiger partial charge in [-0.05, 0) is 54.2 Å². The second-order valence-electron chi connectivity index (χ2n) is 5.46. The Morgan fingerprint density at radius 2 is 1.85 bits per heavy atom.